The third-order valence-electron chi connectivity index (χ3n) is 2.76. The summed E-state index contributed by atoms with van der Waals surface area (Å²) in [5, 5.41) is 9.56. The van der Waals surface area contributed by atoms with E-state index < -0.39 is 11.7 Å². The molecule has 0 radical (unpaired) electrons. The van der Waals surface area contributed by atoms with Crippen LogP contribution in [-0.2, 0) is 12.8 Å². The van der Waals surface area contributed by atoms with Gasteiger partial charge < -0.3 is 5.11 Å². The largest absolute Gasteiger partial charge is 0.417 e. The van der Waals surface area contributed by atoms with E-state index in [1.165, 1.54) is 36.4 Å². The highest BCUT2D eigenvalue weighted by molar-refractivity contribution is 6.30. The van der Waals surface area contributed by atoms with Crippen molar-refractivity contribution >= 4 is 11.6 Å². The van der Waals surface area contributed by atoms with Crippen molar-refractivity contribution < 1.29 is 18.3 Å². The fourth-order valence-corrected chi connectivity index (χ4v) is 2.07. The Morgan fingerprint density at radius 1 is 1.00 bits per heavy atom. The van der Waals surface area contributed by atoms with Crippen LogP contribution in [0.25, 0.3) is 11.1 Å². The minimum Gasteiger partial charge on any atom is -0.392 e. The Morgan fingerprint density at radius 3 is 2.32 bits per heavy atom. The zero-order chi connectivity index (χ0) is 14.0. The van der Waals surface area contributed by atoms with Gasteiger partial charge in [0.15, 0.2) is 0 Å². The average molecular weight is 287 g/mol. The summed E-state index contributed by atoms with van der Waals surface area (Å²) in [7, 11) is 0. The molecule has 1 nitrogen and oxygen atoms in total. The molecule has 0 fully saturated rings. The van der Waals surface area contributed by atoms with E-state index in [-0.39, 0.29) is 12.2 Å². The van der Waals surface area contributed by atoms with Crippen molar-refractivity contribution in [2.45, 2.75) is 12.8 Å². The first-order valence-corrected chi connectivity index (χ1v) is 5.87. The monoisotopic (exact) mass is 286 g/mol. The lowest BCUT2D eigenvalue weighted by molar-refractivity contribution is -0.137. The van der Waals surface area contributed by atoms with Crippen molar-refractivity contribution in [1.29, 1.82) is 0 Å². The van der Waals surface area contributed by atoms with Gasteiger partial charge in [0.2, 0.25) is 0 Å². The Labute approximate surface area is 113 Å². The molecule has 0 unspecified atom stereocenters. The maximum Gasteiger partial charge on any atom is 0.417 e. The van der Waals surface area contributed by atoms with E-state index in [1.54, 1.807) is 0 Å². The van der Waals surface area contributed by atoms with Crippen molar-refractivity contribution in [3.05, 3.63) is 58.6 Å². The van der Waals surface area contributed by atoms with E-state index >= 15 is 0 Å². The van der Waals surface area contributed by atoms with E-state index in [9.17, 15) is 18.3 Å². The van der Waals surface area contributed by atoms with Crippen molar-refractivity contribution in [3.8, 4) is 11.1 Å². The summed E-state index contributed by atoms with van der Waals surface area (Å²) in [5.41, 5.74) is -0.0301. The number of aliphatic hydroxyl groups excluding tert-OH is 1. The maximum atomic E-state index is 13.0. The Hall–Kier alpha value is -1.52. The molecule has 1 N–H and O–H groups in total. The average Bonchev–Trinajstić information content (AvgIpc) is 2.37. The first-order chi connectivity index (χ1) is 8.93. The van der Waals surface area contributed by atoms with Gasteiger partial charge in [-0.1, -0.05) is 35.9 Å². The number of hydrogen-bond donors (Lipinski definition) is 1. The minimum absolute atomic E-state index is 0.0153. The van der Waals surface area contributed by atoms with E-state index in [0.29, 0.717) is 16.1 Å². The number of halogens is 4. The molecule has 0 atom stereocenters. The second kappa shape index (κ2) is 5.23. The lowest BCUT2D eigenvalue weighted by Gasteiger charge is -2.15. The van der Waals surface area contributed by atoms with Crippen LogP contribution < -0.4 is 0 Å². The third-order valence-corrected chi connectivity index (χ3v) is 3.00. The molecule has 0 bridgehead atoms. The zero-order valence-corrected chi connectivity index (χ0v) is 10.5. The summed E-state index contributed by atoms with van der Waals surface area (Å²) in [4.78, 5) is 0. The first-order valence-electron chi connectivity index (χ1n) is 5.49. The molecule has 2 aromatic rings. The Bertz CT molecular complexity index is 593. The van der Waals surface area contributed by atoms with Gasteiger partial charge in [-0.15, -0.1) is 0 Å². The topological polar surface area (TPSA) is 20.2 Å². The Kier molecular flexibility index (Phi) is 3.83. The van der Waals surface area contributed by atoms with Gasteiger partial charge in [0, 0.05) is 5.02 Å². The third kappa shape index (κ3) is 2.91. The quantitative estimate of drug-likeness (QED) is 0.861. The molecule has 0 aromatic heterocycles. The molecule has 19 heavy (non-hydrogen) atoms. The van der Waals surface area contributed by atoms with Gasteiger partial charge in [0.05, 0.1) is 12.2 Å². The van der Waals surface area contributed by atoms with E-state index in [0.717, 1.165) is 6.07 Å². The van der Waals surface area contributed by atoms with E-state index in [4.69, 9.17) is 11.6 Å². The van der Waals surface area contributed by atoms with Crippen LogP contribution in [0.5, 0.6) is 0 Å². The van der Waals surface area contributed by atoms with Gasteiger partial charge in [0.25, 0.3) is 0 Å². The number of alkyl halides is 3. The van der Waals surface area contributed by atoms with Crippen LogP contribution in [0.1, 0.15) is 11.1 Å². The summed E-state index contributed by atoms with van der Waals surface area (Å²) in [6.07, 6.45) is -4.45. The highest BCUT2D eigenvalue weighted by atomic mass is 35.5. The molecule has 0 saturated carbocycles. The molecule has 5 heteroatoms. The fraction of sp³-hybridized carbons (Fsp3) is 0.143. The first kappa shape index (κ1) is 13.9. The van der Waals surface area contributed by atoms with Crippen molar-refractivity contribution in [2.75, 3.05) is 0 Å². The standard InChI is InChI=1S/C14H10ClF3O/c15-10-6-5-9(8-19)12(7-10)11-3-1-2-4-13(11)14(16,17)18/h1-7,19H,8H2. The summed E-state index contributed by atoms with van der Waals surface area (Å²) < 4.78 is 38.9. The van der Waals surface area contributed by atoms with E-state index in [2.05, 4.69) is 0 Å². The van der Waals surface area contributed by atoms with Crippen LogP contribution in [0.15, 0.2) is 42.5 Å². The molecular formula is C14H10ClF3O. The van der Waals surface area contributed by atoms with Crippen molar-refractivity contribution in [2.24, 2.45) is 0 Å². The van der Waals surface area contributed by atoms with Crippen LogP contribution >= 0.6 is 11.6 Å². The number of hydrogen-bond acceptors (Lipinski definition) is 1. The Morgan fingerprint density at radius 2 is 1.68 bits per heavy atom. The van der Waals surface area contributed by atoms with Crippen LogP contribution in [0.2, 0.25) is 5.02 Å². The lowest BCUT2D eigenvalue weighted by atomic mass is 9.95. The predicted octanol–water partition coefficient (Wildman–Crippen LogP) is 4.52. The maximum absolute atomic E-state index is 13.0. The lowest BCUT2D eigenvalue weighted by Crippen LogP contribution is -2.07. The number of rotatable bonds is 2. The molecule has 0 spiro atoms. The molecule has 0 amide bonds. The highest BCUT2D eigenvalue weighted by Gasteiger charge is 2.33. The smallest absolute Gasteiger partial charge is 0.392 e. The normalized spacial score (nSPS) is 11.6. The molecular weight excluding hydrogens is 277 g/mol. The van der Waals surface area contributed by atoms with Crippen LogP contribution in [0.3, 0.4) is 0 Å². The van der Waals surface area contributed by atoms with Gasteiger partial charge in [-0.05, 0) is 34.9 Å². The minimum atomic E-state index is -4.45. The summed E-state index contributed by atoms with van der Waals surface area (Å²) in [6, 6.07) is 9.71. The van der Waals surface area contributed by atoms with Gasteiger partial charge in [-0.25, -0.2) is 0 Å². The fourth-order valence-electron chi connectivity index (χ4n) is 1.90. The van der Waals surface area contributed by atoms with Gasteiger partial charge in [0.1, 0.15) is 0 Å². The van der Waals surface area contributed by atoms with Crippen molar-refractivity contribution in [3.63, 3.8) is 0 Å². The van der Waals surface area contributed by atoms with Crippen LogP contribution in [0.4, 0.5) is 13.2 Å². The molecule has 2 rings (SSSR count). The van der Waals surface area contributed by atoms with E-state index in [1.807, 2.05) is 0 Å². The second-order valence-corrected chi connectivity index (χ2v) is 4.44. The molecule has 100 valence electrons. The summed E-state index contributed by atoms with van der Waals surface area (Å²) in [6.45, 7) is -0.349. The van der Waals surface area contributed by atoms with Crippen LogP contribution in [0, 0.1) is 0 Å². The molecule has 0 aliphatic carbocycles. The molecule has 0 saturated heterocycles. The number of benzene rings is 2. The van der Waals surface area contributed by atoms with Gasteiger partial charge in [-0.2, -0.15) is 13.2 Å². The SMILES string of the molecule is OCc1ccc(Cl)cc1-c1ccccc1C(F)(F)F. The highest BCUT2D eigenvalue weighted by Crippen LogP contribution is 2.38. The van der Waals surface area contributed by atoms with Crippen LogP contribution in [-0.4, -0.2) is 5.11 Å². The zero-order valence-electron chi connectivity index (χ0n) is 9.71. The second-order valence-electron chi connectivity index (χ2n) is 4.00. The van der Waals surface area contributed by atoms with Gasteiger partial charge >= 0.3 is 6.18 Å². The Balaban J connectivity index is 2.69. The summed E-state index contributed by atoms with van der Waals surface area (Å²) in [5.74, 6) is 0. The van der Waals surface area contributed by atoms with Crippen molar-refractivity contribution in [1.82, 2.24) is 0 Å². The molecule has 2 aromatic carbocycles. The molecule has 0 aliphatic heterocycles. The number of aliphatic hydroxyl groups is 1. The summed E-state index contributed by atoms with van der Waals surface area (Å²) >= 11 is 5.83. The molecule has 0 aliphatic rings. The van der Waals surface area contributed by atoms with Gasteiger partial charge in [-0.3, -0.25) is 0 Å². The predicted molar refractivity (Wildman–Crippen MR) is 67.8 cm³/mol. The molecule has 0 heterocycles.